The predicted octanol–water partition coefficient (Wildman–Crippen LogP) is 3.68. The molecule has 0 saturated heterocycles. The molecular formula is C18H13ClN2O3S. The van der Waals surface area contributed by atoms with E-state index in [1.54, 1.807) is 6.07 Å². The zero-order valence-electron chi connectivity index (χ0n) is 13.7. The van der Waals surface area contributed by atoms with Gasteiger partial charge in [-0.05, 0) is 31.0 Å². The Bertz CT molecular complexity index is 1150. The summed E-state index contributed by atoms with van der Waals surface area (Å²) in [7, 11) is 1.31. The summed E-state index contributed by atoms with van der Waals surface area (Å²) in [5.41, 5.74) is 0.294. The van der Waals surface area contributed by atoms with Crippen LogP contribution in [0.5, 0.6) is 5.88 Å². The lowest BCUT2D eigenvalue weighted by molar-refractivity contribution is 0.103. The molecule has 0 atom stereocenters. The number of aryl methyl sites for hydroxylation is 1. The smallest absolute Gasteiger partial charge is 0.271 e. The van der Waals surface area contributed by atoms with E-state index in [0.29, 0.717) is 5.02 Å². The first-order valence-electron chi connectivity index (χ1n) is 7.34. The average Bonchev–Trinajstić information content (AvgIpc) is 2.89. The minimum atomic E-state index is -0.646. The third kappa shape index (κ3) is 2.53. The quantitative estimate of drug-likeness (QED) is 0.695. The first-order chi connectivity index (χ1) is 11.8. The van der Waals surface area contributed by atoms with Crippen LogP contribution in [-0.4, -0.2) is 15.5 Å². The first kappa shape index (κ1) is 17.2. The minimum Gasteiger partial charge on any atom is -0.494 e. The van der Waals surface area contributed by atoms with Crippen molar-refractivity contribution in [2.24, 2.45) is 7.05 Å². The number of nitriles is 1. The lowest BCUT2D eigenvalue weighted by Gasteiger charge is -2.11. The van der Waals surface area contributed by atoms with Crippen LogP contribution in [0.2, 0.25) is 5.02 Å². The van der Waals surface area contributed by atoms with Crippen LogP contribution in [0.1, 0.15) is 31.9 Å². The second-order valence-electron chi connectivity index (χ2n) is 5.75. The van der Waals surface area contributed by atoms with Crippen molar-refractivity contribution in [3.63, 3.8) is 0 Å². The van der Waals surface area contributed by atoms with Gasteiger partial charge in [0.1, 0.15) is 11.6 Å². The first-order valence-corrected chi connectivity index (χ1v) is 8.53. The molecule has 0 amide bonds. The van der Waals surface area contributed by atoms with Gasteiger partial charge in [-0.15, -0.1) is 11.3 Å². The number of rotatable bonds is 2. The molecule has 7 heteroatoms. The maximum Gasteiger partial charge on any atom is 0.271 e. The van der Waals surface area contributed by atoms with Crippen LogP contribution < -0.4 is 5.56 Å². The fourth-order valence-corrected chi connectivity index (χ4v) is 4.28. The summed E-state index contributed by atoms with van der Waals surface area (Å²) < 4.78 is 1.75. The second kappa shape index (κ2) is 6.03. The van der Waals surface area contributed by atoms with Crippen molar-refractivity contribution in [3.05, 3.63) is 60.7 Å². The van der Waals surface area contributed by atoms with Gasteiger partial charge in [0.05, 0.1) is 15.5 Å². The van der Waals surface area contributed by atoms with Crippen LogP contribution in [0.25, 0.3) is 10.1 Å². The third-order valence-corrected chi connectivity index (χ3v) is 5.80. The van der Waals surface area contributed by atoms with E-state index >= 15 is 0 Å². The summed E-state index contributed by atoms with van der Waals surface area (Å²) >= 11 is 7.60. The number of carbonyl (C=O) groups is 1. The maximum atomic E-state index is 13.0. The summed E-state index contributed by atoms with van der Waals surface area (Å²) in [6.45, 7) is 3.41. The molecule has 0 aliphatic rings. The van der Waals surface area contributed by atoms with Gasteiger partial charge >= 0.3 is 0 Å². The molecule has 0 spiro atoms. The van der Waals surface area contributed by atoms with Gasteiger partial charge in [0.15, 0.2) is 0 Å². The molecule has 3 aromatic rings. The number of hydrogen-bond acceptors (Lipinski definition) is 5. The average molecular weight is 373 g/mol. The van der Waals surface area contributed by atoms with Crippen LogP contribution in [0.4, 0.5) is 0 Å². The molecule has 0 aliphatic carbocycles. The van der Waals surface area contributed by atoms with Crippen LogP contribution in [0, 0.1) is 25.2 Å². The Morgan fingerprint density at radius 2 is 2.04 bits per heavy atom. The van der Waals surface area contributed by atoms with Crippen molar-refractivity contribution in [1.82, 2.24) is 4.57 Å². The summed E-state index contributed by atoms with van der Waals surface area (Å²) in [4.78, 5) is 25.3. The highest BCUT2D eigenvalue weighted by Gasteiger charge is 2.27. The third-order valence-electron chi connectivity index (χ3n) is 4.14. The zero-order chi connectivity index (χ0) is 18.5. The predicted molar refractivity (Wildman–Crippen MR) is 97.8 cm³/mol. The molecule has 0 aliphatic heterocycles. The molecule has 0 bridgehead atoms. The molecule has 3 rings (SSSR count). The summed E-state index contributed by atoms with van der Waals surface area (Å²) in [6.07, 6.45) is 0. The Morgan fingerprint density at radius 3 is 2.68 bits per heavy atom. The molecule has 5 nitrogen and oxygen atoms in total. The second-order valence-corrected chi connectivity index (χ2v) is 7.18. The number of aromatic nitrogens is 1. The van der Waals surface area contributed by atoms with E-state index in [1.165, 1.54) is 25.3 Å². The van der Waals surface area contributed by atoms with E-state index in [2.05, 4.69) is 0 Å². The number of aromatic hydroxyl groups is 1. The number of ketones is 1. The Balaban J connectivity index is 2.31. The van der Waals surface area contributed by atoms with E-state index in [4.69, 9.17) is 11.6 Å². The highest BCUT2D eigenvalue weighted by Crippen LogP contribution is 2.38. The summed E-state index contributed by atoms with van der Waals surface area (Å²) in [6, 6.07) is 7.47. The fourth-order valence-electron chi connectivity index (χ4n) is 2.72. The lowest BCUT2D eigenvalue weighted by atomic mass is 10.0. The van der Waals surface area contributed by atoms with Crippen molar-refractivity contribution >= 4 is 38.8 Å². The van der Waals surface area contributed by atoms with Crippen LogP contribution >= 0.6 is 22.9 Å². The molecular weight excluding hydrogens is 360 g/mol. The van der Waals surface area contributed by atoms with Crippen molar-refractivity contribution in [1.29, 1.82) is 5.26 Å². The normalized spacial score (nSPS) is 10.8. The highest BCUT2D eigenvalue weighted by atomic mass is 35.5. The molecule has 0 fully saturated rings. The van der Waals surface area contributed by atoms with Gasteiger partial charge in [-0.25, -0.2) is 0 Å². The van der Waals surface area contributed by atoms with Crippen LogP contribution in [-0.2, 0) is 7.05 Å². The molecule has 25 heavy (non-hydrogen) atoms. The van der Waals surface area contributed by atoms with E-state index < -0.39 is 17.2 Å². The van der Waals surface area contributed by atoms with E-state index in [9.17, 15) is 20.0 Å². The van der Waals surface area contributed by atoms with Crippen LogP contribution in [0.3, 0.4) is 0 Å². The maximum absolute atomic E-state index is 13.0. The van der Waals surface area contributed by atoms with Gasteiger partial charge in [-0.3, -0.25) is 14.2 Å². The summed E-state index contributed by atoms with van der Waals surface area (Å²) in [5.74, 6) is -0.984. The molecule has 2 heterocycles. The highest BCUT2D eigenvalue weighted by molar-refractivity contribution is 7.21. The molecule has 0 unspecified atom stereocenters. The van der Waals surface area contributed by atoms with E-state index in [1.807, 2.05) is 25.1 Å². The van der Waals surface area contributed by atoms with Gasteiger partial charge in [0, 0.05) is 17.1 Å². The number of fused-ring (bicyclic) bond motifs is 1. The molecule has 1 aromatic carbocycles. The van der Waals surface area contributed by atoms with Gasteiger partial charge in [-0.1, -0.05) is 23.7 Å². The Morgan fingerprint density at radius 1 is 1.36 bits per heavy atom. The van der Waals surface area contributed by atoms with Crippen molar-refractivity contribution in [2.75, 3.05) is 0 Å². The largest absolute Gasteiger partial charge is 0.494 e. The minimum absolute atomic E-state index is 0.0798. The molecule has 126 valence electrons. The number of hydrogen-bond donors (Lipinski definition) is 1. The number of benzene rings is 1. The summed E-state index contributed by atoms with van der Waals surface area (Å²) in [5, 5.41) is 20.6. The zero-order valence-corrected chi connectivity index (χ0v) is 15.2. The molecule has 0 saturated carbocycles. The SMILES string of the molecule is Cc1ccc2c(Cl)c(C(=O)c3c(C)c(C#N)c(=O)n(C)c3O)sc2c1. The molecule has 1 N–H and O–H groups in total. The van der Waals surface area contributed by atoms with Gasteiger partial charge < -0.3 is 5.11 Å². The molecule has 0 radical (unpaired) electrons. The Kier molecular flexibility index (Phi) is 4.15. The number of halogens is 1. The topological polar surface area (TPSA) is 83.1 Å². The van der Waals surface area contributed by atoms with Gasteiger partial charge in [0.2, 0.25) is 11.7 Å². The van der Waals surface area contributed by atoms with Gasteiger partial charge in [-0.2, -0.15) is 5.26 Å². The van der Waals surface area contributed by atoms with Gasteiger partial charge in [0.25, 0.3) is 5.56 Å². The van der Waals surface area contributed by atoms with E-state index in [-0.39, 0.29) is 21.6 Å². The van der Waals surface area contributed by atoms with Crippen molar-refractivity contribution in [3.8, 4) is 11.9 Å². The molecule has 2 aromatic heterocycles. The fraction of sp³-hybridized carbons (Fsp3) is 0.167. The van der Waals surface area contributed by atoms with Crippen LogP contribution in [0.15, 0.2) is 23.0 Å². The number of carbonyl (C=O) groups excluding carboxylic acids is 1. The van der Waals surface area contributed by atoms with E-state index in [0.717, 1.165) is 20.2 Å². The Hall–Kier alpha value is -2.62. The van der Waals surface area contributed by atoms with Crippen molar-refractivity contribution < 1.29 is 9.90 Å². The van der Waals surface area contributed by atoms with Crippen molar-refractivity contribution in [2.45, 2.75) is 13.8 Å². The number of thiophene rings is 1. The Labute approximate surface area is 152 Å². The standard InChI is InChI=1S/C18H13ClN2O3S/c1-8-4-5-10-12(6-8)25-16(14(10)19)15(22)13-9(2)11(7-20)17(23)21(3)18(13)24/h4-6,24H,1-3H3. The monoisotopic (exact) mass is 372 g/mol. The number of pyridine rings is 1. The lowest BCUT2D eigenvalue weighted by Crippen LogP contribution is -2.24. The number of nitrogens with zero attached hydrogens (tertiary/aromatic N) is 2.